The Morgan fingerprint density at radius 3 is 2.60 bits per heavy atom. The second-order valence-corrected chi connectivity index (χ2v) is 5.43. The highest BCUT2D eigenvalue weighted by Gasteiger charge is 2.22. The number of carbonyl (C=O) groups is 1. The number of alkyl halides is 2. The molecule has 0 unspecified atom stereocenters. The maximum Gasteiger partial charge on any atom is 0.330 e. The minimum atomic E-state index is -2.81. The quantitative estimate of drug-likeness (QED) is 0.418. The van der Waals surface area contributed by atoms with Crippen LogP contribution >= 0.6 is 0 Å². The van der Waals surface area contributed by atoms with Gasteiger partial charge < -0.3 is 4.74 Å². The van der Waals surface area contributed by atoms with Gasteiger partial charge in [0.05, 0.1) is 12.3 Å². The summed E-state index contributed by atoms with van der Waals surface area (Å²) in [5, 5.41) is 3.83. The highest BCUT2D eigenvalue weighted by atomic mass is 19.3. The zero-order valence-corrected chi connectivity index (χ0v) is 14.0. The second-order valence-electron chi connectivity index (χ2n) is 5.43. The van der Waals surface area contributed by atoms with Gasteiger partial charge in [-0.25, -0.2) is 18.0 Å². The van der Waals surface area contributed by atoms with Crippen LogP contribution in [-0.2, 0) is 16.6 Å². The van der Waals surface area contributed by atoms with Crippen LogP contribution in [-0.4, -0.2) is 22.4 Å². The van der Waals surface area contributed by atoms with Crippen LogP contribution in [0.1, 0.15) is 37.4 Å². The van der Waals surface area contributed by atoms with Crippen molar-refractivity contribution in [2.75, 3.05) is 6.61 Å². The molecule has 0 aliphatic carbocycles. The van der Waals surface area contributed by atoms with Crippen LogP contribution in [0, 0.1) is 5.82 Å². The molecular formula is C18H19F3N2O2. The molecule has 0 atom stereocenters. The van der Waals surface area contributed by atoms with Crippen LogP contribution in [0.4, 0.5) is 13.2 Å². The first kappa shape index (κ1) is 18.8. The van der Waals surface area contributed by atoms with Crippen LogP contribution in [0.25, 0.3) is 17.3 Å². The van der Waals surface area contributed by atoms with E-state index in [4.69, 9.17) is 4.74 Å². The zero-order valence-electron chi connectivity index (χ0n) is 14.0. The number of aromatic nitrogens is 2. The van der Waals surface area contributed by atoms with Crippen molar-refractivity contribution in [1.82, 2.24) is 9.78 Å². The smallest absolute Gasteiger partial charge is 0.330 e. The molecule has 25 heavy (non-hydrogen) atoms. The molecular weight excluding hydrogens is 333 g/mol. The summed E-state index contributed by atoms with van der Waals surface area (Å²) in [5.41, 5.74) is 0.547. The molecule has 0 bridgehead atoms. The number of benzene rings is 1. The maximum absolute atomic E-state index is 13.3. The molecule has 2 aromatic rings. The number of ether oxygens (including phenoxy) is 1. The van der Waals surface area contributed by atoms with Gasteiger partial charge in [-0.1, -0.05) is 13.3 Å². The van der Waals surface area contributed by atoms with E-state index in [0.29, 0.717) is 11.3 Å². The summed E-state index contributed by atoms with van der Waals surface area (Å²) >= 11 is 0. The molecule has 0 N–H and O–H groups in total. The lowest BCUT2D eigenvalue weighted by Crippen LogP contribution is -2.02. The Kier molecular flexibility index (Phi) is 6.38. The number of hydrogen-bond donors (Lipinski definition) is 0. The molecule has 7 heteroatoms. The average molecular weight is 352 g/mol. The van der Waals surface area contributed by atoms with Gasteiger partial charge in [0.25, 0.3) is 6.43 Å². The molecule has 1 aromatic carbocycles. The Bertz CT molecular complexity index is 752. The third-order valence-electron chi connectivity index (χ3n) is 3.57. The zero-order chi connectivity index (χ0) is 18.4. The normalized spacial score (nSPS) is 11.4. The maximum atomic E-state index is 13.3. The third kappa shape index (κ3) is 4.71. The first-order chi connectivity index (χ1) is 11.9. The molecule has 1 aromatic heterocycles. The van der Waals surface area contributed by atoms with Gasteiger partial charge in [-0.05, 0) is 36.8 Å². The monoisotopic (exact) mass is 352 g/mol. The van der Waals surface area contributed by atoms with E-state index in [9.17, 15) is 18.0 Å². The fourth-order valence-corrected chi connectivity index (χ4v) is 2.35. The number of nitrogens with zero attached hydrogens (tertiary/aromatic N) is 2. The molecule has 2 rings (SSSR count). The van der Waals surface area contributed by atoms with E-state index in [1.54, 1.807) is 0 Å². The molecule has 0 aliphatic heterocycles. The molecule has 134 valence electrons. The van der Waals surface area contributed by atoms with Gasteiger partial charge >= 0.3 is 5.97 Å². The van der Waals surface area contributed by atoms with Gasteiger partial charge in [-0.3, -0.25) is 4.68 Å². The van der Waals surface area contributed by atoms with Crippen LogP contribution in [0.3, 0.4) is 0 Å². The molecule has 0 saturated heterocycles. The summed E-state index contributed by atoms with van der Waals surface area (Å²) in [7, 11) is 1.52. The predicted octanol–water partition coefficient (Wildman–Crippen LogP) is 4.52. The highest BCUT2D eigenvalue weighted by Crippen LogP contribution is 2.32. The van der Waals surface area contributed by atoms with E-state index in [0.717, 1.165) is 18.9 Å². The van der Waals surface area contributed by atoms with Crippen molar-refractivity contribution >= 4 is 12.0 Å². The fraction of sp³-hybridized carbons (Fsp3) is 0.333. The number of hydrogen-bond acceptors (Lipinski definition) is 3. The number of halogens is 3. The van der Waals surface area contributed by atoms with E-state index >= 15 is 0 Å². The lowest BCUT2D eigenvalue weighted by Gasteiger charge is -2.05. The van der Waals surface area contributed by atoms with E-state index in [-0.39, 0.29) is 12.2 Å². The first-order valence-electron chi connectivity index (χ1n) is 7.89. The minimum absolute atomic E-state index is 0.108. The Morgan fingerprint density at radius 2 is 2.00 bits per heavy atom. The van der Waals surface area contributed by atoms with Crippen molar-refractivity contribution in [2.45, 2.75) is 26.2 Å². The van der Waals surface area contributed by atoms with Gasteiger partial charge in [0.15, 0.2) is 0 Å². The topological polar surface area (TPSA) is 44.1 Å². The minimum Gasteiger partial charge on any atom is -0.463 e. The van der Waals surface area contributed by atoms with Crippen LogP contribution in [0.5, 0.6) is 0 Å². The SMILES string of the molecule is CCCCOC(=O)/C=C/c1c(C(F)F)nn(C)c1-c1ccc(F)cc1. The van der Waals surface area contributed by atoms with Gasteiger partial charge in [0.2, 0.25) is 0 Å². The number of unbranched alkanes of at least 4 members (excludes halogenated alkanes) is 1. The lowest BCUT2D eigenvalue weighted by molar-refractivity contribution is -0.137. The standard InChI is InChI=1S/C18H19F3N2O2/c1-3-4-11-25-15(24)10-9-14-16(18(20)21)22-23(2)17(14)12-5-7-13(19)8-6-12/h5-10,18H,3-4,11H2,1-2H3/b10-9+. The second kappa shape index (κ2) is 8.50. The van der Waals surface area contributed by atoms with Gasteiger partial charge in [-0.2, -0.15) is 5.10 Å². The average Bonchev–Trinajstić information content (AvgIpc) is 2.91. The van der Waals surface area contributed by atoms with Crippen molar-refractivity contribution in [2.24, 2.45) is 7.05 Å². The fourth-order valence-electron chi connectivity index (χ4n) is 2.35. The Morgan fingerprint density at radius 1 is 1.32 bits per heavy atom. The number of carbonyl (C=O) groups excluding carboxylic acids is 1. The van der Waals surface area contributed by atoms with Gasteiger partial charge in [0.1, 0.15) is 11.5 Å². The molecule has 0 spiro atoms. The number of esters is 1. The largest absolute Gasteiger partial charge is 0.463 e. The Hall–Kier alpha value is -2.57. The van der Waals surface area contributed by atoms with E-state index in [1.165, 1.54) is 42.1 Å². The lowest BCUT2D eigenvalue weighted by atomic mass is 10.0. The summed E-state index contributed by atoms with van der Waals surface area (Å²) in [5.74, 6) is -1.04. The molecule has 0 radical (unpaired) electrons. The van der Waals surface area contributed by atoms with Crippen molar-refractivity contribution in [3.05, 3.63) is 47.4 Å². The molecule has 0 amide bonds. The van der Waals surface area contributed by atoms with Crippen molar-refractivity contribution < 1.29 is 22.7 Å². The van der Waals surface area contributed by atoms with Crippen molar-refractivity contribution in [3.63, 3.8) is 0 Å². The van der Waals surface area contributed by atoms with E-state index in [2.05, 4.69) is 5.10 Å². The molecule has 4 nitrogen and oxygen atoms in total. The molecule has 0 aliphatic rings. The third-order valence-corrected chi connectivity index (χ3v) is 3.57. The summed E-state index contributed by atoms with van der Waals surface area (Å²) in [6.45, 7) is 2.24. The molecule has 0 saturated carbocycles. The Labute approximate surface area is 143 Å². The summed E-state index contributed by atoms with van der Waals surface area (Å²) in [6.07, 6.45) is 1.17. The van der Waals surface area contributed by atoms with Crippen LogP contribution < -0.4 is 0 Å². The van der Waals surface area contributed by atoms with E-state index < -0.39 is 23.9 Å². The van der Waals surface area contributed by atoms with Crippen LogP contribution in [0.2, 0.25) is 0 Å². The Balaban J connectivity index is 2.37. The summed E-state index contributed by atoms with van der Waals surface area (Å²) in [6, 6.07) is 5.41. The molecule has 0 fully saturated rings. The van der Waals surface area contributed by atoms with Crippen molar-refractivity contribution in [3.8, 4) is 11.3 Å². The summed E-state index contributed by atoms with van der Waals surface area (Å²) in [4.78, 5) is 11.7. The molecule has 1 heterocycles. The van der Waals surface area contributed by atoms with Crippen molar-refractivity contribution in [1.29, 1.82) is 0 Å². The summed E-state index contributed by atoms with van der Waals surface area (Å²) < 4.78 is 46.0. The highest BCUT2D eigenvalue weighted by molar-refractivity contribution is 5.89. The number of aryl methyl sites for hydroxylation is 1. The van der Waals surface area contributed by atoms with Gasteiger partial charge in [0, 0.05) is 24.3 Å². The first-order valence-corrected chi connectivity index (χ1v) is 7.89. The number of rotatable bonds is 7. The van der Waals surface area contributed by atoms with E-state index in [1.807, 2.05) is 6.92 Å². The van der Waals surface area contributed by atoms with Gasteiger partial charge in [-0.15, -0.1) is 0 Å². The van der Waals surface area contributed by atoms with Crippen LogP contribution in [0.15, 0.2) is 30.3 Å². The predicted molar refractivity (Wildman–Crippen MR) is 88.5 cm³/mol.